The number of hydrogen-bond donors (Lipinski definition) is 1. The number of nitrogens with one attached hydrogen (secondary N) is 1. The predicted octanol–water partition coefficient (Wildman–Crippen LogP) is 3.32. The molecule has 0 bridgehead atoms. The van der Waals surface area contributed by atoms with Crippen molar-refractivity contribution in [1.82, 2.24) is 14.8 Å². The van der Waals surface area contributed by atoms with Gasteiger partial charge in [-0.3, -0.25) is 19.6 Å². The Morgan fingerprint density at radius 3 is 2.73 bits per heavy atom. The highest BCUT2D eigenvalue weighted by atomic mass is 16.5. The van der Waals surface area contributed by atoms with Gasteiger partial charge in [-0.15, -0.1) is 0 Å². The number of aromatic nitrogens is 1. The SMILES string of the molecule is COc1cnc2cccc(OCCN3CCN(Cc4ccc5c(c4)NC(=O)CC5)CC3)c2c1. The summed E-state index contributed by atoms with van der Waals surface area (Å²) < 4.78 is 11.4. The maximum atomic E-state index is 11.7. The first-order valence-corrected chi connectivity index (χ1v) is 11.6. The number of fused-ring (bicyclic) bond motifs is 2. The first kappa shape index (κ1) is 21.7. The molecule has 7 heteroatoms. The van der Waals surface area contributed by atoms with E-state index in [1.54, 1.807) is 13.3 Å². The molecule has 1 N–H and O–H groups in total. The van der Waals surface area contributed by atoms with Crippen LogP contribution in [0.2, 0.25) is 0 Å². The summed E-state index contributed by atoms with van der Waals surface area (Å²) in [6, 6.07) is 14.4. The van der Waals surface area contributed by atoms with Crippen molar-refractivity contribution in [2.75, 3.05) is 51.8 Å². The molecule has 1 fully saturated rings. The zero-order valence-corrected chi connectivity index (χ0v) is 19.0. The van der Waals surface area contributed by atoms with Gasteiger partial charge in [0.2, 0.25) is 5.91 Å². The number of methoxy groups -OCH3 is 1. The van der Waals surface area contributed by atoms with Crippen LogP contribution in [-0.2, 0) is 17.8 Å². The molecule has 3 heterocycles. The van der Waals surface area contributed by atoms with Crippen molar-refractivity contribution >= 4 is 22.5 Å². The molecule has 7 nitrogen and oxygen atoms in total. The van der Waals surface area contributed by atoms with Crippen molar-refractivity contribution in [3.8, 4) is 11.5 Å². The zero-order valence-electron chi connectivity index (χ0n) is 19.0. The Hall–Kier alpha value is -3.16. The summed E-state index contributed by atoms with van der Waals surface area (Å²) in [5.74, 6) is 1.70. The van der Waals surface area contributed by atoms with Crippen LogP contribution in [0.1, 0.15) is 17.5 Å². The molecule has 2 aromatic carbocycles. The second kappa shape index (κ2) is 9.77. The number of anilines is 1. The second-order valence-electron chi connectivity index (χ2n) is 8.70. The fraction of sp³-hybridized carbons (Fsp3) is 0.385. The number of rotatable bonds is 7. The molecule has 0 unspecified atom stereocenters. The molecule has 172 valence electrons. The number of benzene rings is 2. The van der Waals surface area contributed by atoms with Gasteiger partial charge in [-0.1, -0.05) is 18.2 Å². The highest BCUT2D eigenvalue weighted by Gasteiger charge is 2.19. The van der Waals surface area contributed by atoms with Gasteiger partial charge in [-0.25, -0.2) is 0 Å². The summed E-state index contributed by atoms with van der Waals surface area (Å²) in [6.07, 6.45) is 3.15. The van der Waals surface area contributed by atoms with Gasteiger partial charge in [0.25, 0.3) is 0 Å². The lowest BCUT2D eigenvalue weighted by molar-refractivity contribution is -0.116. The fourth-order valence-corrected chi connectivity index (χ4v) is 4.57. The molecule has 33 heavy (non-hydrogen) atoms. The van der Waals surface area contributed by atoms with Gasteiger partial charge in [-0.05, 0) is 41.8 Å². The van der Waals surface area contributed by atoms with Crippen LogP contribution < -0.4 is 14.8 Å². The highest BCUT2D eigenvalue weighted by molar-refractivity contribution is 5.94. The van der Waals surface area contributed by atoms with Gasteiger partial charge in [0.05, 0.1) is 18.8 Å². The molecule has 0 saturated carbocycles. The summed E-state index contributed by atoms with van der Waals surface area (Å²) in [7, 11) is 1.65. The van der Waals surface area contributed by atoms with Crippen LogP contribution >= 0.6 is 0 Å². The number of hydrogen-bond acceptors (Lipinski definition) is 6. The number of aryl methyl sites for hydroxylation is 1. The fourth-order valence-electron chi connectivity index (χ4n) is 4.57. The Balaban J connectivity index is 1.10. The third kappa shape index (κ3) is 5.10. The predicted molar refractivity (Wildman–Crippen MR) is 129 cm³/mol. The minimum absolute atomic E-state index is 0.120. The number of amides is 1. The first-order chi connectivity index (χ1) is 16.2. The van der Waals surface area contributed by atoms with E-state index in [-0.39, 0.29) is 5.91 Å². The topological polar surface area (TPSA) is 66.9 Å². The van der Waals surface area contributed by atoms with Gasteiger partial charge < -0.3 is 14.8 Å². The smallest absolute Gasteiger partial charge is 0.224 e. The largest absolute Gasteiger partial charge is 0.495 e. The van der Waals surface area contributed by atoms with Gasteiger partial charge in [-0.2, -0.15) is 0 Å². The number of ether oxygens (including phenoxy) is 2. The van der Waals surface area contributed by atoms with E-state index in [1.807, 2.05) is 24.3 Å². The van der Waals surface area contributed by atoms with Crippen LogP contribution in [0.25, 0.3) is 10.9 Å². The maximum absolute atomic E-state index is 11.7. The van der Waals surface area contributed by atoms with Gasteiger partial charge in [0.15, 0.2) is 0 Å². The normalized spacial score (nSPS) is 16.9. The molecule has 5 rings (SSSR count). The van der Waals surface area contributed by atoms with Crippen molar-refractivity contribution in [2.45, 2.75) is 19.4 Å². The molecule has 1 amide bonds. The maximum Gasteiger partial charge on any atom is 0.224 e. The molecule has 1 saturated heterocycles. The Bertz CT molecular complexity index is 1140. The van der Waals surface area contributed by atoms with E-state index in [9.17, 15) is 4.79 Å². The zero-order chi connectivity index (χ0) is 22.6. The summed E-state index contributed by atoms with van der Waals surface area (Å²) in [5, 5.41) is 3.98. The molecule has 2 aliphatic heterocycles. The van der Waals surface area contributed by atoms with E-state index in [0.717, 1.165) is 73.8 Å². The van der Waals surface area contributed by atoms with E-state index in [4.69, 9.17) is 9.47 Å². The Morgan fingerprint density at radius 2 is 1.88 bits per heavy atom. The lowest BCUT2D eigenvalue weighted by Gasteiger charge is -2.34. The highest BCUT2D eigenvalue weighted by Crippen LogP contribution is 2.27. The van der Waals surface area contributed by atoms with E-state index < -0.39 is 0 Å². The number of carbonyl (C=O) groups excluding carboxylic acids is 1. The average Bonchev–Trinajstić information content (AvgIpc) is 2.84. The van der Waals surface area contributed by atoms with Gasteiger partial charge in [0.1, 0.15) is 18.1 Å². The molecule has 1 aromatic heterocycles. The Labute approximate surface area is 194 Å². The molecule has 0 atom stereocenters. The molecule has 0 radical (unpaired) electrons. The number of piperazine rings is 1. The van der Waals surface area contributed by atoms with Crippen LogP contribution in [0.15, 0.2) is 48.7 Å². The van der Waals surface area contributed by atoms with Crippen LogP contribution in [0.5, 0.6) is 11.5 Å². The average molecular weight is 447 g/mol. The van der Waals surface area contributed by atoms with Crippen LogP contribution in [-0.4, -0.2) is 67.1 Å². The summed E-state index contributed by atoms with van der Waals surface area (Å²) in [4.78, 5) is 21.1. The Kier molecular flexibility index (Phi) is 6.41. The van der Waals surface area contributed by atoms with Crippen LogP contribution in [0.3, 0.4) is 0 Å². The first-order valence-electron chi connectivity index (χ1n) is 11.6. The van der Waals surface area contributed by atoms with Gasteiger partial charge >= 0.3 is 0 Å². The lowest BCUT2D eigenvalue weighted by atomic mass is 10.0. The van der Waals surface area contributed by atoms with E-state index in [2.05, 4.69) is 38.3 Å². The third-order valence-electron chi connectivity index (χ3n) is 6.50. The van der Waals surface area contributed by atoms with Crippen molar-refractivity contribution < 1.29 is 14.3 Å². The summed E-state index contributed by atoms with van der Waals surface area (Å²) >= 11 is 0. The van der Waals surface area contributed by atoms with Crippen molar-refractivity contribution in [1.29, 1.82) is 0 Å². The summed E-state index contributed by atoms with van der Waals surface area (Å²) in [5.41, 5.74) is 4.39. The minimum Gasteiger partial charge on any atom is -0.495 e. The second-order valence-corrected chi connectivity index (χ2v) is 8.70. The van der Waals surface area contributed by atoms with E-state index in [1.165, 1.54) is 11.1 Å². The molecule has 2 aliphatic rings. The van der Waals surface area contributed by atoms with Crippen molar-refractivity contribution in [2.24, 2.45) is 0 Å². The van der Waals surface area contributed by atoms with Gasteiger partial charge in [0, 0.05) is 56.8 Å². The monoisotopic (exact) mass is 446 g/mol. The molecular formula is C26H30N4O3. The third-order valence-corrected chi connectivity index (χ3v) is 6.50. The molecular weight excluding hydrogens is 416 g/mol. The van der Waals surface area contributed by atoms with Crippen LogP contribution in [0, 0.1) is 0 Å². The van der Waals surface area contributed by atoms with Crippen molar-refractivity contribution in [3.05, 3.63) is 59.8 Å². The Morgan fingerprint density at radius 1 is 1.03 bits per heavy atom. The quantitative estimate of drug-likeness (QED) is 0.601. The van der Waals surface area contributed by atoms with Crippen LogP contribution in [0.4, 0.5) is 5.69 Å². The summed E-state index contributed by atoms with van der Waals surface area (Å²) in [6.45, 7) is 6.55. The molecule has 0 aliphatic carbocycles. The minimum atomic E-state index is 0.120. The standard InChI is InChI=1S/C26H30N4O3/c1-32-21-16-22-23(27-17-21)3-2-4-25(22)33-14-13-29-9-11-30(12-10-29)18-19-5-6-20-7-8-26(31)28-24(20)15-19/h2-6,15-17H,7-14,18H2,1H3,(H,28,31). The van der Waals surface area contributed by atoms with Crippen molar-refractivity contribution in [3.63, 3.8) is 0 Å². The molecule has 0 spiro atoms. The number of pyridine rings is 1. The van der Waals surface area contributed by atoms with E-state index >= 15 is 0 Å². The lowest BCUT2D eigenvalue weighted by Crippen LogP contribution is -2.47. The van der Waals surface area contributed by atoms with E-state index in [0.29, 0.717) is 13.0 Å². The number of carbonyl (C=O) groups is 1. The molecule has 3 aromatic rings. The number of nitrogens with zero attached hydrogens (tertiary/aromatic N) is 3.